The molecule has 1 aromatic carbocycles. The van der Waals surface area contributed by atoms with Crippen molar-refractivity contribution in [1.29, 1.82) is 0 Å². The third kappa shape index (κ3) is 2.62. The molecular formula is C7H4BrFN2O4. The van der Waals surface area contributed by atoms with E-state index in [4.69, 9.17) is 5.11 Å². The van der Waals surface area contributed by atoms with E-state index in [1.165, 1.54) is 0 Å². The Labute approximate surface area is 91.0 Å². The molecule has 0 aliphatic carbocycles. The van der Waals surface area contributed by atoms with E-state index in [1.54, 1.807) is 5.32 Å². The molecule has 0 aliphatic rings. The van der Waals surface area contributed by atoms with Crippen molar-refractivity contribution in [3.05, 3.63) is 32.5 Å². The summed E-state index contributed by atoms with van der Waals surface area (Å²) < 4.78 is 13.0. The topological polar surface area (TPSA) is 92.5 Å². The summed E-state index contributed by atoms with van der Waals surface area (Å²) in [6.07, 6.45) is -1.49. The summed E-state index contributed by atoms with van der Waals surface area (Å²) in [5.74, 6) is -0.894. The largest absolute Gasteiger partial charge is 0.465 e. The highest BCUT2D eigenvalue weighted by atomic mass is 79.9. The molecule has 0 heterocycles. The van der Waals surface area contributed by atoms with Gasteiger partial charge in [0.2, 0.25) is 0 Å². The first kappa shape index (κ1) is 11.4. The Hall–Kier alpha value is -1.70. The lowest BCUT2D eigenvalue weighted by Gasteiger charge is -2.03. The summed E-state index contributed by atoms with van der Waals surface area (Å²) in [5, 5.41) is 20.5. The lowest BCUT2D eigenvalue weighted by atomic mass is 10.2. The summed E-state index contributed by atoms with van der Waals surface area (Å²) in [7, 11) is 0. The van der Waals surface area contributed by atoms with Crippen LogP contribution in [0.5, 0.6) is 0 Å². The van der Waals surface area contributed by atoms with E-state index in [9.17, 15) is 19.3 Å². The normalized spacial score (nSPS) is 9.73. The predicted molar refractivity (Wildman–Crippen MR) is 52.4 cm³/mol. The minimum Gasteiger partial charge on any atom is -0.465 e. The van der Waals surface area contributed by atoms with E-state index in [0.717, 1.165) is 12.1 Å². The molecule has 0 atom stereocenters. The Morgan fingerprint density at radius 3 is 2.67 bits per heavy atom. The van der Waals surface area contributed by atoms with Gasteiger partial charge in [-0.1, -0.05) is 0 Å². The number of hydrogen-bond donors (Lipinski definition) is 2. The van der Waals surface area contributed by atoms with Crippen molar-refractivity contribution in [1.82, 2.24) is 0 Å². The number of anilines is 1. The Bertz CT molecular complexity index is 437. The molecule has 0 unspecified atom stereocenters. The monoisotopic (exact) mass is 278 g/mol. The van der Waals surface area contributed by atoms with Crippen LogP contribution in [-0.2, 0) is 0 Å². The van der Waals surface area contributed by atoms with Gasteiger partial charge in [-0.2, -0.15) is 0 Å². The third-order valence-electron chi connectivity index (χ3n) is 1.47. The molecule has 1 rings (SSSR count). The summed E-state index contributed by atoms with van der Waals surface area (Å²) in [4.78, 5) is 19.9. The number of carbonyl (C=O) groups is 1. The fourth-order valence-electron chi connectivity index (χ4n) is 0.888. The summed E-state index contributed by atoms with van der Waals surface area (Å²) in [5.41, 5.74) is -0.877. The van der Waals surface area contributed by atoms with Crippen LogP contribution < -0.4 is 5.32 Å². The Morgan fingerprint density at radius 1 is 1.60 bits per heavy atom. The summed E-state index contributed by atoms with van der Waals surface area (Å²) >= 11 is 2.79. The second-order valence-electron chi connectivity index (χ2n) is 2.47. The van der Waals surface area contributed by atoms with Crippen molar-refractivity contribution in [3.63, 3.8) is 0 Å². The van der Waals surface area contributed by atoms with E-state index >= 15 is 0 Å². The molecule has 2 N–H and O–H groups in total. The standard InChI is InChI=1S/C7H4BrFN2O4/c8-3-1-4(9)5(10-7(12)13)2-6(3)11(14)15/h1-2,10H,(H,12,13). The molecule has 0 spiro atoms. The zero-order valence-corrected chi connectivity index (χ0v) is 8.62. The molecule has 0 saturated heterocycles. The maximum Gasteiger partial charge on any atom is 0.409 e. The van der Waals surface area contributed by atoms with Crippen LogP contribution in [0.4, 0.5) is 20.6 Å². The molecule has 1 amide bonds. The SMILES string of the molecule is O=C(O)Nc1cc([N+](=O)[O-])c(Br)cc1F. The van der Waals surface area contributed by atoms with Gasteiger partial charge in [-0.05, 0) is 22.0 Å². The Morgan fingerprint density at radius 2 is 2.20 bits per heavy atom. The Balaban J connectivity index is 3.23. The number of nitrogens with one attached hydrogen (secondary N) is 1. The number of nitrogens with zero attached hydrogens (tertiary/aromatic N) is 1. The fraction of sp³-hybridized carbons (Fsp3) is 0. The first-order chi connectivity index (χ1) is 6.91. The van der Waals surface area contributed by atoms with Gasteiger partial charge in [0.25, 0.3) is 5.69 Å². The van der Waals surface area contributed by atoms with Crippen molar-refractivity contribution < 1.29 is 19.2 Å². The van der Waals surface area contributed by atoms with E-state index in [1.807, 2.05) is 0 Å². The van der Waals surface area contributed by atoms with Gasteiger partial charge < -0.3 is 5.11 Å². The zero-order chi connectivity index (χ0) is 11.6. The fourth-order valence-corrected chi connectivity index (χ4v) is 1.35. The van der Waals surface area contributed by atoms with Gasteiger partial charge in [0.15, 0.2) is 0 Å². The maximum absolute atomic E-state index is 13.1. The molecule has 0 radical (unpaired) electrons. The van der Waals surface area contributed by atoms with Crippen LogP contribution in [0.2, 0.25) is 0 Å². The van der Waals surface area contributed by atoms with Crippen LogP contribution in [0, 0.1) is 15.9 Å². The first-order valence-corrected chi connectivity index (χ1v) is 4.34. The van der Waals surface area contributed by atoms with Crippen molar-refractivity contribution in [2.45, 2.75) is 0 Å². The smallest absolute Gasteiger partial charge is 0.409 e. The summed E-state index contributed by atoms with van der Waals surface area (Å²) in [6.45, 7) is 0. The molecule has 0 bridgehead atoms. The molecule has 0 fully saturated rings. The van der Waals surface area contributed by atoms with E-state index in [-0.39, 0.29) is 4.47 Å². The van der Waals surface area contributed by atoms with E-state index in [2.05, 4.69) is 15.9 Å². The van der Waals surface area contributed by atoms with Crippen molar-refractivity contribution >= 4 is 33.4 Å². The highest BCUT2D eigenvalue weighted by Crippen LogP contribution is 2.30. The number of nitro groups is 1. The summed E-state index contributed by atoms with van der Waals surface area (Å²) in [6, 6.07) is 1.62. The molecule has 8 heteroatoms. The lowest BCUT2D eigenvalue weighted by molar-refractivity contribution is -0.385. The molecule has 1 aromatic rings. The van der Waals surface area contributed by atoms with Crippen LogP contribution in [0.15, 0.2) is 16.6 Å². The molecule has 6 nitrogen and oxygen atoms in total. The van der Waals surface area contributed by atoms with Gasteiger partial charge in [-0.15, -0.1) is 0 Å². The molecular weight excluding hydrogens is 275 g/mol. The zero-order valence-electron chi connectivity index (χ0n) is 7.03. The number of carboxylic acid groups (broad SMARTS) is 1. The molecule has 0 saturated carbocycles. The maximum atomic E-state index is 13.1. The van der Waals surface area contributed by atoms with Crippen LogP contribution >= 0.6 is 15.9 Å². The lowest BCUT2D eigenvalue weighted by Crippen LogP contribution is -2.09. The minimum absolute atomic E-state index is 0.0547. The van der Waals surface area contributed by atoms with Gasteiger partial charge >= 0.3 is 6.09 Å². The number of rotatable bonds is 2. The number of halogens is 2. The Kier molecular flexibility index (Phi) is 3.20. The second kappa shape index (κ2) is 4.22. The predicted octanol–water partition coefficient (Wildman–Crippen LogP) is 2.59. The van der Waals surface area contributed by atoms with Gasteiger partial charge in [-0.25, -0.2) is 9.18 Å². The quantitative estimate of drug-likeness (QED) is 0.642. The average Bonchev–Trinajstić information content (AvgIpc) is 2.08. The van der Waals surface area contributed by atoms with Gasteiger partial charge in [0, 0.05) is 6.07 Å². The van der Waals surface area contributed by atoms with Crippen LogP contribution in [-0.4, -0.2) is 16.1 Å². The number of nitro benzene ring substituents is 1. The highest BCUT2D eigenvalue weighted by molar-refractivity contribution is 9.10. The minimum atomic E-state index is -1.49. The molecule has 80 valence electrons. The third-order valence-corrected chi connectivity index (χ3v) is 2.11. The van der Waals surface area contributed by atoms with E-state index in [0.29, 0.717) is 0 Å². The second-order valence-corrected chi connectivity index (χ2v) is 3.33. The average molecular weight is 279 g/mol. The van der Waals surface area contributed by atoms with Gasteiger partial charge in [0.05, 0.1) is 15.1 Å². The van der Waals surface area contributed by atoms with E-state index < -0.39 is 28.2 Å². The number of benzene rings is 1. The van der Waals surface area contributed by atoms with Crippen LogP contribution in [0.3, 0.4) is 0 Å². The van der Waals surface area contributed by atoms with Crippen LogP contribution in [0.25, 0.3) is 0 Å². The van der Waals surface area contributed by atoms with Crippen molar-refractivity contribution in [2.24, 2.45) is 0 Å². The number of hydrogen-bond acceptors (Lipinski definition) is 3. The first-order valence-electron chi connectivity index (χ1n) is 3.55. The molecule has 0 aromatic heterocycles. The number of amides is 1. The van der Waals surface area contributed by atoms with Crippen LogP contribution in [0.1, 0.15) is 0 Å². The van der Waals surface area contributed by atoms with Gasteiger partial charge in [0.1, 0.15) is 5.82 Å². The molecule has 0 aliphatic heterocycles. The van der Waals surface area contributed by atoms with Crippen molar-refractivity contribution in [2.75, 3.05) is 5.32 Å². The molecule has 15 heavy (non-hydrogen) atoms. The van der Waals surface area contributed by atoms with Crippen molar-refractivity contribution in [3.8, 4) is 0 Å². The van der Waals surface area contributed by atoms with Gasteiger partial charge in [-0.3, -0.25) is 15.4 Å². The highest BCUT2D eigenvalue weighted by Gasteiger charge is 2.17.